The van der Waals surface area contributed by atoms with Gasteiger partial charge in [-0.15, -0.1) is 0 Å². The molecule has 0 spiro atoms. The minimum atomic E-state index is 0.833. The average Bonchev–Trinajstić information content (AvgIpc) is 3.42. The van der Waals surface area contributed by atoms with Crippen LogP contribution in [-0.2, 0) is 19.6 Å². The molecule has 6 heteroatoms. The Labute approximate surface area is 164 Å². The Bertz CT molecular complexity index is 1110. The SMILES string of the molecule is Cc1ccc(CN2CCn3c(-c4cnn(-c5ccccc5)c4)nc(C)c3C2)o1. The molecule has 6 nitrogen and oxygen atoms in total. The molecule has 5 rings (SSSR count). The molecule has 0 aliphatic carbocycles. The van der Waals surface area contributed by atoms with Gasteiger partial charge >= 0.3 is 0 Å². The third kappa shape index (κ3) is 3.05. The standard InChI is InChI=1S/C22H23N5O/c1-16-8-9-20(28-16)14-25-10-11-26-21(15-25)17(2)24-22(26)18-12-23-27(13-18)19-6-4-3-5-7-19/h3-9,12-13H,10-11,14-15H2,1-2H3. The highest BCUT2D eigenvalue weighted by Gasteiger charge is 2.24. The smallest absolute Gasteiger partial charge is 0.143 e. The molecule has 4 aromatic rings. The Morgan fingerprint density at radius 1 is 1.04 bits per heavy atom. The Hall–Kier alpha value is -3.12. The number of hydrogen-bond donors (Lipinski definition) is 0. The average molecular weight is 373 g/mol. The molecule has 3 aromatic heterocycles. The summed E-state index contributed by atoms with van der Waals surface area (Å²) in [6.07, 6.45) is 3.96. The van der Waals surface area contributed by atoms with Crippen molar-refractivity contribution < 1.29 is 4.42 Å². The van der Waals surface area contributed by atoms with Crippen LogP contribution in [0.1, 0.15) is 22.9 Å². The predicted molar refractivity (Wildman–Crippen MR) is 107 cm³/mol. The first-order valence-corrected chi connectivity index (χ1v) is 9.61. The second-order valence-corrected chi connectivity index (χ2v) is 7.35. The molecule has 0 atom stereocenters. The number of aromatic nitrogens is 4. The summed E-state index contributed by atoms with van der Waals surface area (Å²) >= 11 is 0. The monoisotopic (exact) mass is 373 g/mol. The summed E-state index contributed by atoms with van der Waals surface area (Å²) in [6, 6.07) is 14.3. The quantitative estimate of drug-likeness (QED) is 0.543. The summed E-state index contributed by atoms with van der Waals surface area (Å²) in [6.45, 7) is 7.69. The van der Waals surface area contributed by atoms with Crippen LogP contribution in [0.25, 0.3) is 17.1 Å². The Morgan fingerprint density at radius 2 is 1.89 bits per heavy atom. The molecule has 28 heavy (non-hydrogen) atoms. The van der Waals surface area contributed by atoms with E-state index in [-0.39, 0.29) is 0 Å². The van der Waals surface area contributed by atoms with Crippen molar-refractivity contribution >= 4 is 0 Å². The fourth-order valence-electron chi connectivity index (χ4n) is 3.89. The van der Waals surface area contributed by atoms with Crippen molar-refractivity contribution in [1.82, 2.24) is 24.2 Å². The van der Waals surface area contributed by atoms with Crippen molar-refractivity contribution in [2.45, 2.75) is 33.5 Å². The van der Waals surface area contributed by atoms with Crippen molar-refractivity contribution in [3.63, 3.8) is 0 Å². The van der Waals surface area contributed by atoms with Gasteiger partial charge in [0, 0.05) is 25.8 Å². The molecule has 0 radical (unpaired) electrons. The zero-order chi connectivity index (χ0) is 19.1. The number of nitrogens with zero attached hydrogens (tertiary/aromatic N) is 5. The van der Waals surface area contributed by atoms with Crippen LogP contribution in [0, 0.1) is 13.8 Å². The van der Waals surface area contributed by atoms with Gasteiger partial charge in [-0.3, -0.25) is 4.90 Å². The van der Waals surface area contributed by atoms with E-state index in [4.69, 9.17) is 9.40 Å². The van der Waals surface area contributed by atoms with Gasteiger partial charge in [0.2, 0.25) is 0 Å². The first-order chi connectivity index (χ1) is 13.7. The van der Waals surface area contributed by atoms with Crippen LogP contribution in [0.2, 0.25) is 0 Å². The number of benzene rings is 1. The Morgan fingerprint density at radius 3 is 2.68 bits per heavy atom. The van der Waals surface area contributed by atoms with Gasteiger partial charge in [0.05, 0.1) is 35.4 Å². The molecule has 4 heterocycles. The lowest BCUT2D eigenvalue weighted by molar-refractivity contribution is 0.197. The van der Waals surface area contributed by atoms with Gasteiger partial charge in [0.25, 0.3) is 0 Å². The van der Waals surface area contributed by atoms with Crippen LogP contribution in [0.4, 0.5) is 0 Å². The zero-order valence-corrected chi connectivity index (χ0v) is 16.2. The van der Waals surface area contributed by atoms with Gasteiger partial charge in [-0.25, -0.2) is 9.67 Å². The fourth-order valence-corrected chi connectivity index (χ4v) is 3.89. The van der Waals surface area contributed by atoms with Crippen molar-refractivity contribution in [2.75, 3.05) is 6.54 Å². The molecular weight excluding hydrogens is 350 g/mol. The first kappa shape index (κ1) is 17.0. The van der Waals surface area contributed by atoms with E-state index in [0.29, 0.717) is 0 Å². The summed E-state index contributed by atoms with van der Waals surface area (Å²) in [5.41, 5.74) is 4.46. The first-order valence-electron chi connectivity index (χ1n) is 9.61. The molecular formula is C22H23N5O. The Kier molecular flexibility index (Phi) is 4.13. The number of fused-ring (bicyclic) bond motifs is 1. The zero-order valence-electron chi connectivity index (χ0n) is 16.2. The second-order valence-electron chi connectivity index (χ2n) is 7.35. The van der Waals surface area contributed by atoms with Gasteiger partial charge in [-0.05, 0) is 38.1 Å². The van der Waals surface area contributed by atoms with Crippen LogP contribution in [-0.4, -0.2) is 30.8 Å². The maximum Gasteiger partial charge on any atom is 0.143 e. The highest BCUT2D eigenvalue weighted by molar-refractivity contribution is 5.56. The molecule has 142 valence electrons. The van der Waals surface area contributed by atoms with Crippen molar-refractivity contribution in [1.29, 1.82) is 0 Å². The lowest BCUT2D eigenvalue weighted by Gasteiger charge is -2.28. The largest absolute Gasteiger partial charge is 0.465 e. The molecule has 1 aliphatic heterocycles. The van der Waals surface area contributed by atoms with E-state index in [1.54, 1.807) is 0 Å². The van der Waals surface area contributed by atoms with Crippen LogP contribution >= 0.6 is 0 Å². The molecule has 0 N–H and O–H groups in total. The normalized spacial score (nSPS) is 14.4. The Balaban J connectivity index is 1.41. The van der Waals surface area contributed by atoms with Gasteiger partial charge in [0.15, 0.2) is 0 Å². The van der Waals surface area contributed by atoms with Crippen molar-refractivity contribution in [3.8, 4) is 17.1 Å². The van der Waals surface area contributed by atoms with E-state index in [2.05, 4.69) is 45.9 Å². The van der Waals surface area contributed by atoms with Crippen LogP contribution in [0.5, 0.6) is 0 Å². The minimum absolute atomic E-state index is 0.833. The van der Waals surface area contributed by atoms with Crippen molar-refractivity contribution in [2.24, 2.45) is 0 Å². The van der Waals surface area contributed by atoms with E-state index in [1.165, 1.54) is 5.69 Å². The van der Waals surface area contributed by atoms with E-state index in [1.807, 2.05) is 42.1 Å². The van der Waals surface area contributed by atoms with Crippen LogP contribution in [0.3, 0.4) is 0 Å². The third-order valence-electron chi connectivity index (χ3n) is 5.32. The van der Waals surface area contributed by atoms with E-state index >= 15 is 0 Å². The van der Waals surface area contributed by atoms with E-state index in [0.717, 1.165) is 60.5 Å². The lowest BCUT2D eigenvalue weighted by atomic mass is 10.2. The highest BCUT2D eigenvalue weighted by Crippen LogP contribution is 2.27. The molecule has 0 saturated carbocycles. The van der Waals surface area contributed by atoms with Gasteiger partial charge in [0.1, 0.15) is 17.3 Å². The summed E-state index contributed by atoms with van der Waals surface area (Å²) in [4.78, 5) is 7.29. The molecule has 0 bridgehead atoms. The maximum absolute atomic E-state index is 5.75. The second kappa shape index (κ2) is 6.80. The van der Waals surface area contributed by atoms with Crippen LogP contribution < -0.4 is 0 Å². The van der Waals surface area contributed by atoms with Gasteiger partial charge in [-0.1, -0.05) is 18.2 Å². The lowest BCUT2D eigenvalue weighted by Crippen LogP contribution is -2.33. The topological polar surface area (TPSA) is 52.0 Å². The van der Waals surface area contributed by atoms with E-state index < -0.39 is 0 Å². The summed E-state index contributed by atoms with van der Waals surface area (Å²) < 4.78 is 9.99. The van der Waals surface area contributed by atoms with Gasteiger partial charge < -0.3 is 8.98 Å². The molecule has 1 aliphatic rings. The predicted octanol–water partition coefficient (Wildman–Crippen LogP) is 3.96. The number of para-hydroxylation sites is 1. The number of hydrogen-bond acceptors (Lipinski definition) is 4. The number of rotatable bonds is 4. The number of imidazole rings is 1. The number of furan rings is 1. The highest BCUT2D eigenvalue weighted by atomic mass is 16.3. The molecule has 0 saturated heterocycles. The van der Waals surface area contributed by atoms with Crippen LogP contribution in [0.15, 0.2) is 59.3 Å². The molecule has 0 fully saturated rings. The summed E-state index contributed by atoms with van der Waals surface area (Å²) in [7, 11) is 0. The van der Waals surface area contributed by atoms with Crippen molar-refractivity contribution in [3.05, 3.63) is 77.8 Å². The third-order valence-corrected chi connectivity index (χ3v) is 5.32. The minimum Gasteiger partial charge on any atom is -0.465 e. The number of aryl methyl sites for hydroxylation is 2. The fraction of sp³-hybridized carbons (Fsp3) is 0.273. The summed E-state index contributed by atoms with van der Waals surface area (Å²) in [5.74, 6) is 2.99. The molecule has 0 unspecified atom stereocenters. The molecule has 0 amide bonds. The maximum atomic E-state index is 5.75. The molecule has 1 aromatic carbocycles. The summed E-state index contributed by atoms with van der Waals surface area (Å²) in [5, 5.41) is 4.53. The van der Waals surface area contributed by atoms with Gasteiger partial charge in [-0.2, -0.15) is 5.10 Å². The van der Waals surface area contributed by atoms with E-state index in [9.17, 15) is 0 Å².